The van der Waals surface area contributed by atoms with Gasteiger partial charge in [0.1, 0.15) is 0 Å². The Morgan fingerprint density at radius 2 is 2.07 bits per heavy atom. The highest BCUT2D eigenvalue weighted by Gasteiger charge is 2.38. The second-order valence-electron chi connectivity index (χ2n) is 4.03. The van der Waals surface area contributed by atoms with Crippen molar-refractivity contribution in [2.45, 2.75) is 27.2 Å². The van der Waals surface area contributed by atoms with E-state index in [0.717, 1.165) is 0 Å². The maximum atomic E-state index is 11.4. The largest absolute Gasteiger partial charge is 0.481 e. The smallest absolute Gasteiger partial charge is 0.310 e. The van der Waals surface area contributed by atoms with Gasteiger partial charge in [0.05, 0.1) is 12.0 Å². The molecule has 0 aliphatic carbocycles. The number of rotatable bonds is 5. The van der Waals surface area contributed by atoms with Gasteiger partial charge in [0, 0.05) is 6.42 Å². The maximum Gasteiger partial charge on any atom is 0.310 e. The Balaban J connectivity index is 4.51. The predicted molar refractivity (Wildman–Crippen MR) is 57.0 cm³/mol. The van der Waals surface area contributed by atoms with Crippen molar-refractivity contribution in [1.29, 1.82) is 0 Å². The molecular formula is C11H17NO3. The van der Waals surface area contributed by atoms with E-state index in [1.165, 1.54) is 0 Å². The predicted octanol–water partition coefficient (Wildman–Crippen LogP) is 0.873. The van der Waals surface area contributed by atoms with Crippen molar-refractivity contribution in [3.63, 3.8) is 0 Å². The molecule has 84 valence electrons. The van der Waals surface area contributed by atoms with Crippen LogP contribution in [0.1, 0.15) is 27.2 Å². The molecule has 1 atom stereocenters. The van der Waals surface area contributed by atoms with Crippen LogP contribution >= 0.6 is 0 Å². The van der Waals surface area contributed by atoms with E-state index in [0.29, 0.717) is 0 Å². The molecule has 0 aliphatic rings. The first-order valence-electron chi connectivity index (χ1n) is 4.78. The maximum absolute atomic E-state index is 11.4. The molecule has 0 aromatic heterocycles. The highest BCUT2D eigenvalue weighted by molar-refractivity contribution is 5.84. The van der Waals surface area contributed by atoms with Crippen molar-refractivity contribution in [1.82, 2.24) is 5.32 Å². The van der Waals surface area contributed by atoms with Crippen molar-refractivity contribution >= 4 is 11.9 Å². The summed E-state index contributed by atoms with van der Waals surface area (Å²) in [5.41, 5.74) is -1.04. The van der Waals surface area contributed by atoms with Crippen LogP contribution in [0.5, 0.6) is 0 Å². The normalized spacial score (nSPS) is 14.1. The average molecular weight is 211 g/mol. The molecule has 4 heteroatoms. The van der Waals surface area contributed by atoms with Crippen molar-refractivity contribution in [2.24, 2.45) is 11.3 Å². The molecule has 0 rings (SSSR count). The van der Waals surface area contributed by atoms with E-state index in [2.05, 4.69) is 11.2 Å². The molecule has 0 heterocycles. The summed E-state index contributed by atoms with van der Waals surface area (Å²) in [4.78, 5) is 22.4. The first kappa shape index (κ1) is 13.5. The van der Waals surface area contributed by atoms with Gasteiger partial charge in [0.2, 0.25) is 5.91 Å². The number of carbonyl (C=O) groups is 2. The van der Waals surface area contributed by atoms with E-state index in [1.54, 1.807) is 20.8 Å². The van der Waals surface area contributed by atoms with Gasteiger partial charge in [-0.15, -0.1) is 6.42 Å². The Morgan fingerprint density at radius 3 is 2.40 bits per heavy atom. The van der Waals surface area contributed by atoms with Gasteiger partial charge in [-0.1, -0.05) is 19.8 Å². The molecule has 15 heavy (non-hydrogen) atoms. The summed E-state index contributed by atoms with van der Waals surface area (Å²) in [6, 6.07) is 0. The van der Waals surface area contributed by atoms with Crippen LogP contribution in [0.15, 0.2) is 0 Å². The van der Waals surface area contributed by atoms with E-state index in [9.17, 15) is 9.59 Å². The zero-order valence-corrected chi connectivity index (χ0v) is 9.33. The number of aliphatic carboxylic acids is 1. The summed E-state index contributed by atoms with van der Waals surface area (Å²) in [5, 5.41) is 11.5. The Hall–Kier alpha value is -1.50. The first-order chi connectivity index (χ1) is 6.84. The second-order valence-corrected chi connectivity index (χ2v) is 4.03. The zero-order chi connectivity index (χ0) is 12.1. The third-order valence-electron chi connectivity index (χ3n) is 2.68. The minimum atomic E-state index is -1.04. The second kappa shape index (κ2) is 5.40. The van der Waals surface area contributed by atoms with Crippen molar-refractivity contribution in [3.8, 4) is 12.3 Å². The number of terminal acetylenes is 1. The van der Waals surface area contributed by atoms with Crippen molar-refractivity contribution in [2.75, 3.05) is 6.54 Å². The summed E-state index contributed by atoms with van der Waals surface area (Å²) in [6.45, 7) is 5.26. The summed E-state index contributed by atoms with van der Waals surface area (Å²) in [5.74, 6) is 0.853. The lowest BCUT2D eigenvalue weighted by Crippen LogP contribution is -2.39. The van der Waals surface area contributed by atoms with Gasteiger partial charge in [-0.05, 0) is 12.8 Å². The van der Waals surface area contributed by atoms with Crippen LogP contribution in [0, 0.1) is 23.7 Å². The number of carbonyl (C=O) groups excluding carboxylic acids is 1. The number of nitrogens with one attached hydrogen (secondary N) is 1. The van der Waals surface area contributed by atoms with Gasteiger partial charge in [-0.25, -0.2) is 0 Å². The van der Waals surface area contributed by atoms with Crippen LogP contribution in [0.25, 0.3) is 0 Å². The molecule has 0 aromatic rings. The fourth-order valence-electron chi connectivity index (χ4n) is 1.07. The fraction of sp³-hybridized carbons (Fsp3) is 0.636. The molecule has 0 aromatic carbocycles. The van der Waals surface area contributed by atoms with E-state index >= 15 is 0 Å². The number of carboxylic acid groups (broad SMARTS) is 1. The third-order valence-corrected chi connectivity index (χ3v) is 2.68. The van der Waals surface area contributed by atoms with E-state index in [1.807, 2.05) is 0 Å². The SMILES string of the molecule is C#CCNC(=O)CC(C)(C(=O)O)C(C)C. The number of carboxylic acids is 1. The Bertz CT molecular complexity index is 291. The first-order valence-corrected chi connectivity index (χ1v) is 4.78. The lowest BCUT2D eigenvalue weighted by Gasteiger charge is -2.28. The molecule has 0 radical (unpaired) electrons. The molecule has 0 fully saturated rings. The van der Waals surface area contributed by atoms with Crippen LogP contribution in [0.4, 0.5) is 0 Å². The molecule has 0 saturated heterocycles. The molecule has 0 saturated carbocycles. The van der Waals surface area contributed by atoms with Gasteiger partial charge in [0.15, 0.2) is 0 Å². The number of hydrogen-bond acceptors (Lipinski definition) is 2. The lowest BCUT2D eigenvalue weighted by atomic mass is 9.76. The monoisotopic (exact) mass is 211 g/mol. The Kier molecular flexibility index (Phi) is 4.86. The topological polar surface area (TPSA) is 66.4 Å². The summed E-state index contributed by atoms with van der Waals surface area (Å²) < 4.78 is 0. The van der Waals surface area contributed by atoms with Crippen LogP contribution in [0.3, 0.4) is 0 Å². The standard InChI is InChI=1S/C11H17NO3/c1-5-6-12-9(13)7-11(4,8(2)3)10(14)15/h1,8H,6-7H2,2-4H3,(H,12,13)(H,14,15). The Morgan fingerprint density at radius 1 is 1.53 bits per heavy atom. The quantitative estimate of drug-likeness (QED) is 0.663. The van der Waals surface area contributed by atoms with Crippen molar-refractivity contribution in [3.05, 3.63) is 0 Å². The van der Waals surface area contributed by atoms with Crippen molar-refractivity contribution < 1.29 is 14.7 Å². The third kappa shape index (κ3) is 3.62. The molecular weight excluding hydrogens is 194 g/mol. The summed E-state index contributed by atoms with van der Waals surface area (Å²) >= 11 is 0. The Labute approximate surface area is 90.1 Å². The van der Waals surface area contributed by atoms with E-state index < -0.39 is 11.4 Å². The van der Waals surface area contributed by atoms with E-state index in [4.69, 9.17) is 11.5 Å². The van der Waals surface area contributed by atoms with Crippen LogP contribution in [-0.4, -0.2) is 23.5 Å². The van der Waals surface area contributed by atoms with Crippen LogP contribution < -0.4 is 5.32 Å². The summed E-state index contributed by atoms with van der Waals surface area (Å²) in [7, 11) is 0. The average Bonchev–Trinajstić information content (AvgIpc) is 2.13. The molecule has 1 amide bonds. The molecule has 1 unspecified atom stereocenters. The molecule has 4 nitrogen and oxygen atoms in total. The minimum absolute atomic E-state index is 0.0539. The molecule has 0 aliphatic heterocycles. The molecule has 2 N–H and O–H groups in total. The van der Waals surface area contributed by atoms with Gasteiger partial charge in [0.25, 0.3) is 0 Å². The van der Waals surface area contributed by atoms with E-state index in [-0.39, 0.29) is 24.8 Å². The summed E-state index contributed by atoms with van der Waals surface area (Å²) in [6.07, 6.45) is 4.93. The molecule has 0 spiro atoms. The van der Waals surface area contributed by atoms with Gasteiger partial charge >= 0.3 is 5.97 Å². The lowest BCUT2D eigenvalue weighted by molar-refractivity contribution is -0.153. The molecule has 0 bridgehead atoms. The highest BCUT2D eigenvalue weighted by Crippen LogP contribution is 2.31. The van der Waals surface area contributed by atoms with Crippen LogP contribution in [0.2, 0.25) is 0 Å². The number of hydrogen-bond donors (Lipinski definition) is 2. The fourth-order valence-corrected chi connectivity index (χ4v) is 1.07. The number of amides is 1. The van der Waals surface area contributed by atoms with Gasteiger partial charge < -0.3 is 10.4 Å². The zero-order valence-electron chi connectivity index (χ0n) is 9.33. The van der Waals surface area contributed by atoms with Crippen LogP contribution in [-0.2, 0) is 9.59 Å². The van der Waals surface area contributed by atoms with Gasteiger partial charge in [-0.3, -0.25) is 9.59 Å². The highest BCUT2D eigenvalue weighted by atomic mass is 16.4. The minimum Gasteiger partial charge on any atom is -0.481 e. The van der Waals surface area contributed by atoms with Gasteiger partial charge in [-0.2, -0.15) is 0 Å².